The summed E-state index contributed by atoms with van der Waals surface area (Å²) >= 11 is 0. The molecule has 0 radical (unpaired) electrons. The maximum atomic E-state index is 14.2. The van der Waals surface area contributed by atoms with Crippen LogP contribution in [-0.4, -0.2) is 92.9 Å². The molecule has 0 aliphatic carbocycles. The molecule has 0 saturated heterocycles. The summed E-state index contributed by atoms with van der Waals surface area (Å²) < 4.78 is 147. The molecule has 0 aliphatic heterocycles. The van der Waals surface area contributed by atoms with Crippen LogP contribution in [0.2, 0.25) is 0 Å². The molecule has 0 fully saturated rings. The van der Waals surface area contributed by atoms with E-state index >= 15 is 0 Å². The number of hydrogen-bond donors (Lipinski definition) is 4. The van der Waals surface area contributed by atoms with Crippen molar-refractivity contribution in [2.24, 2.45) is 10.2 Å². The van der Waals surface area contributed by atoms with Gasteiger partial charge in [-0.15, -0.1) is 10.2 Å². The Labute approximate surface area is 374 Å². The summed E-state index contributed by atoms with van der Waals surface area (Å²) in [5.74, 6) is -1.80. The van der Waals surface area contributed by atoms with Gasteiger partial charge in [0.2, 0.25) is 11.9 Å². The van der Waals surface area contributed by atoms with Gasteiger partial charge in [0.15, 0.2) is 15.6 Å². The molecular weight excluding hydrogens is 835 g/mol. The first-order chi connectivity index (χ1) is 23.6. The minimum atomic E-state index is -5.36. The molecule has 3 aromatic carbocycles. The maximum Gasteiger partial charge on any atom is 1.00 e. The first-order valence-electron chi connectivity index (χ1n) is 13.7. The third kappa shape index (κ3) is 13.4. The van der Waals surface area contributed by atoms with E-state index in [0.29, 0.717) is 12.1 Å². The SMILES string of the molecule is C=CS(=O)(=O)CCOCCNc1nc(F)nc(Nc2ccc3c(O)c(N=Nc4cc(S(=O)(=O)[O-])c(C)cc4S(=O)(=O)[O-])c(S(=O)(=O)O)cc3c2)n1.[Na+].[Na+].[Na+]. The van der Waals surface area contributed by atoms with Crippen LogP contribution in [0.15, 0.2) is 73.3 Å². The zero-order chi connectivity index (χ0) is 37.9. The second-order valence-corrected chi connectivity index (χ2v) is 16.3. The van der Waals surface area contributed by atoms with Gasteiger partial charge in [-0.05, 0) is 54.3 Å². The second kappa shape index (κ2) is 20.1. The van der Waals surface area contributed by atoms with Gasteiger partial charge in [-0.3, -0.25) is 4.55 Å². The van der Waals surface area contributed by atoms with Gasteiger partial charge < -0.3 is 29.6 Å². The monoisotopic (exact) mass is 858 g/mol. The van der Waals surface area contributed by atoms with E-state index in [1.165, 1.54) is 18.2 Å². The first-order valence-corrected chi connectivity index (χ1v) is 19.7. The Bertz CT molecular complexity index is 2530. The van der Waals surface area contributed by atoms with Crippen molar-refractivity contribution in [3.8, 4) is 5.75 Å². The number of ether oxygens (including phenoxy) is 1. The van der Waals surface area contributed by atoms with Gasteiger partial charge in [0, 0.05) is 23.0 Å². The van der Waals surface area contributed by atoms with E-state index in [1.807, 2.05) is 0 Å². The summed E-state index contributed by atoms with van der Waals surface area (Å²) in [6.07, 6.45) is -1.21. The van der Waals surface area contributed by atoms with Crippen molar-refractivity contribution in [3.63, 3.8) is 0 Å². The predicted octanol–water partition coefficient (Wildman–Crippen LogP) is -6.61. The summed E-state index contributed by atoms with van der Waals surface area (Å²) in [6, 6.07) is 5.52. The normalized spacial score (nSPS) is 12.0. The van der Waals surface area contributed by atoms with Gasteiger partial charge in [0.05, 0.1) is 28.8 Å². The van der Waals surface area contributed by atoms with Crippen LogP contribution in [-0.2, 0) is 44.9 Å². The fraction of sp³-hybridized carbons (Fsp3) is 0.192. The molecule has 4 N–H and O–H groups in total. The van der Waals surface area contributed by atoms with E-state index in [0.717, 1.165) is 18.4 Å². The third-order valence-corrected chi connectivity index (χ3v) is 10.5. The van der Waals surface area contributed by atoms with Crippen LogP contribution in [0.1, 0.15) is 5.56 Å². The van der Waals surface area contributed by atoms with E-state index in [-0.39, 0.29) is 143 Å². The fourth-order valence-electron chi connectivity index (χ4n) is 4.23. The van der Waals surface area contributed by atoms with Crippen LogP contribution in [0.3, 0.4) is 0 Å². The van der Waals surface area contributed by atoms with E-state index in [2.05, 4.69) is 42.4 Å². The van der Waals surface area contributed by atoms with Crippen LogP contribution in [0.5, 0.6) is 5.75 Å². The summed E-state index contributed by atoms with van der Waals surface area (Å²) in [5, 5.41) is 23.8. The molecule has 54 heavy (non-hydrogen) atoms. The van der Waals surface area contributed by atoms with Crippen LogP contribution >= 0.6 is 0 Å². The van der Waals surface area contributed by atoms with Crippen molar-refractivity contribution < 1.29 is 150 Å². The number of aromatic hydroxyl groups is 1. The number of azo groups is 1. The molecule has 4 aromatic rings. The van der Waals surface area contributed by atoms with Crippen LogP contribution < -0.4 is 99.3 Å². The number of aromatic nitrogens is 3. The summed E-state index contributed by atoms with van der Waals surface area (Å²) in [7, 11) is -19.3. The number of phenolic OH excluding ortho intramolecular Hbond substituents is 1. The summed E-state index contributed by atoms with van der Waals surface area (Å²) in [5.41, 5.74) is -2.27. The number of anilines is 3. The summed E-state index contributed by atoms with van der Waals surface area (Å²) in [6.45, 7) is 4.14. The summed E-state index contributed by atoms with van der Waals surface area (Å²) in [4.78, 5) is 7.82. The minimum absolute atomic E-state index is 0. The Morgan fingerprint density at radius 3 is 2.09 bits per heavy atom. The number of nitrogens with zero attached hydrogens (tertiary/aromatic N) is 5. The number of phenols is 1. The molecule has 0 bridgehead atoms. The topological polar surface area (TPSA) is 320 Å². The predicted molar refractivity (Wildman–Crippen MR) is 173 cm³/mol. The van der Waals surface area contributed by atoms with Crippen LogP contribution in [0, 0.1) is 13.0 Å². The average molecular weight is 859 g/mol. The smallest absolute Gasteiger partial charge is 0.744 e. The molecule has 20 nitrogen and oxygen atoms in total. The van der Waals surface area contributed by atoms with Crippen molar-refractivity contribution in [2.45, 2.75) is 21.6 Å². The molecule has 0 saturated carbocycles. The van der Waals surface area contributed by atoms with E-state index in [4.69, 9.17) is 4.74 Å². The number of halogens is 1. The van der Waals surface area contributed by atoms with Crippen LogP contribution in [0.25, 0.3) is 10.8 Å². The zero-order valence-corrected chi connectivity index (χ0v) is 38.0. The zero-order valence-electron chi connectivity index (χ0n) is 28.7. The van der Waals surface area contributed by atoms with Gasteiger partial charge in [-0.1, -0.05) is 6.58 Å². The molecule has 28 heteroatoms. The van der Waals surface area contributed by atoms with Gasteiger partial charge in [0.1, 0.15) is 36.5 Å². The van der Waals surface area contributed by atoms with Crippen molar-refractivity contribution in [3.05, 3.63) is 60.0 Å². The van der Waals surface area contributed by atoms with E-state index in [1.54, 1.807) is 0 Å². The number of aryl methyl sites for hydroxylation is 1. The second-order valence-electron chi connectivity index (χ2n) is 10.1. The Morgan fingerprint density at radius 2 is 1.50 bits per heavy atom. The van der Waals surface area contributed by atoms with E-state index < -0.39 is 83.6 Å². The van der Waals surface area contributed by atoms with Crippen LogP contribution in [0.4, 0.5) is 33.3 Å². The fourth-order valence-corrected chi connectivity index (χ4v) is 6.80. The molecule has 1 aromatic heterocycles. The van der Waals surface area contributed by atoms with Gasteiger partial charge in [0.25, 0.3) is 10.1 Å². The molecule has 1 heterocycles. The number of nitrogens with one attached hydrogen (secondary N) is 2. The number of sulfone groups is 1. The van der Waals surface area contributed by atoms with Crippen molar-refractivity contribution in [1.29, 1.82) is 0 Å². The first kappa shape index (κ1) is 50.3. The molecule has 0 amide bonds. The quantitative estimate of drug-likeness (QED) is 0.0374. The number of rotatable bonds is 15. The standard InChI is InChI=1S/C26H26FN7O13S4.3Na/c1-3-48(36,37)9-8-47-7-6-28-25-30-24(27)31-26(32-25)29-16-4-5-17-15(11-16)12-21(51(44,45)46)22(23(17)35)34-33-18-13-19(49(38,39)40)14(2)10-20(18)50(41,42)43;;;/h3-5,10-13,35H,1,6-9H2,2H3,(H,38,39,40)(H,41,42,43)(H,44,45,46)(H2,28,29,30,31,32);;;/q;3*+1/p-2. The molecule has 0 spiro atoms. The molecule has 0 unspecified atom stereocenters. The maximum absolute atomic E-state index is 14.2. The number of fused-ring (bicyclic) bond motifs is 1. The molecular formula is C26H24FN7Na3O13S4+. The Balaban J connectivity index is 0.00000486. The number of benzene rings is 3. The minimum Gasteiger partial charge on any atom is -0.744 e. The largest absolute Gasteiger partial charge is 1.00 e. The van der Waals surface area contributed by atoms with Gasteiger partial charge in [-0.2, -0.15) is 27.8 Å². The third-order valence-electron chi connectivity index (χ3n) is 6.54. The van der Waals surface area contributed by atoms with Crippen molar-refractivity contribution in [1.82, 2.24) is 15.0 Å². The Hall–Kier alpha value is -1.76. The van der Waals surface area contributed by atoms with Gasteiger partial charge >= 0.3 is 94.8 Å². The Kier molecular flexibility index (Phi) is 18.7. The van der Waals surface area contributed by atoms with E-state index in [9.17, 15) is 56.8 Å². The number of hydrogen-bond acceptors (Lipinski definition) is 19. The van der Waals surface area contributed by atoms with Crippen molar-refractivity contribution in [2.75, 3.05) is 36.1 Å². The molecule has 4 rings (SSSR count). The Morgan fingerprint density at radius 1 is 0.870 bits per heavy atom. The average Bonchev–Trinajstić information content (AvgIpc) is 3.00. The molecule has 0 aliphatic rings. The molecule has 0 atom stereocenters. The van der Waals surface area contributed by atoms with Gasteiger partial charge in [-0.25, -0.2) is 25.3 Å². The molecule has 274 valence electrons. The van der Waals surface area contributed by atoms with Crippen molar-refractivity contribution >= 4 is 79.9 Å².